The first kappa shape index (κ1) is 84.6. The Labute approximate surface area is 592 Å². The minimum Gasteiger partial charge on any atom is -0.339 e. The monoisotopic (exact) mass is 1350 g/mol. The lowest BCUT2D eigenvalue weighted by Crippen LogP contribution is -2.69. The topological polar surface area (TPSA) is 162 Å². The molecule has 5 heterocycles. The third-order valence-electron chi connectivity index (χ3n) is 21.8. The van der Waals surface area contributed by atoms with Gasteiger partial charge in [0.2, 0.25) is 17.8 Å². The van der Waals surface area contributed by atoms with Crippen LogP contribution in [0.4, 0.5) is 17.8 Å². The molecule has 0 bridgehead atoms. The van der Waals surface area contributed by atoms with Gasteiger partial charge < -0.3 is 31.5 Å². The number of hydroxylamine groups is 8. The molecule has 0 atom stereocenters. The van der Waals surface area contributed by atoms with Crippen LogP contribution in [0.15, 0.2) is 0 Å². The maximum absolute atomic E-state index is 7.05. The molecule has 96 heavy (non-hydrogen) atoms. The average Bonchev–Trinajstić information content (AvgIpc) is 0.742. The molecular formula is C79H157N13O4. The summed E-state index contributed by atoms with van der Waals surface area (Å²) in [4.78, 5) is 54.3. The molecule has 17 nitrogen and oxygen atoms in total. The van der Waals surface area contributed by atoms with Crippen molar-refractivity contribution in [3.05, 3.63) is 0 Å². The van der Waals surface area contributed by atoms with Crippen molar-refractivity contribution in [2.24, 2.45) is 11.5 Å². The molecule has 4 aliphatic rings. The van der Waals surface area contributed by atoms with Crippen LogP contribution >= 0.6 is 0 Å². The quantitative estimate of drug-likeness (QED) is 0.0528. The highest BCUT2D eigenvalue weighted by atomic mass is 16.7. The van der Waals surface area contributed by atoms with Gasteiger partial charge in [0.1, 0.15) is 0 Å². The zero-order valence-corrected chi connectivity index (χ0v) is 66.7. The van der Waals surface area contributed by atoms with E-state index in [4.69, 9.17) is 45.8 Å². The summed E-state index contributed by atoms with van der Waals surface area (Å²) in [7, 11) is 0. The maximum Gasteiger partial charge on any atom is 0.232 e. The van der Waals surface area contributed by atoms with E-state index in [0.717, 1.165) is 160 Å². The van der Waals surface area contributed by atoms with Gasteiger partial charge in [-0.2, -0.15) is 35.2 Å². The molecule has 0 amide bonds. The van der Waals surface area contributed by atoms with E-state index in [1.165, 1.54) is 128 Å². The first-order chi connectivity index (χ1) is 45.4. The Balaban J connectivity index is 1.76. The van der Waals surface area contributed by atoms with E-state index in [1.54, 1.807) is 0 Å². The van der Waals surface area contributed by atoms with Crippen molar-refractivity contribution < 1.29 is 19.4 Å². The van der Waals surface area contributed by atoms with Crippen LogP contribution in [-0.4, -0.2) is 169 Å². The fraction of sp³-hybridized carbons (Fsp3) is 0.962. The van der Waals surface area contributed by atoms with Crippen LogP contribution < -0.4 is 31.5 Å². The van der Waals surface area contributed by atoms with Gasteiger partial charge in [0, 0.05) is 88.1 Å². The van der Waals surface area contributed by atoms with Crippen LogP contribution in [0.2, 0.25) is 0 Å². The second kappa shape index (κ2) is 40.1. The molecule has 0 saturated carbocycles. The molecule has 17 heteroatoms. The summed E-state index contributed by atoms with van der Waals surface area (Å²) in [6.07, 6.45) is 38.4. The first-order valence-corrected chi connectivity index (χ1v) is 40.3. The molecule has 4 aliphatic heterocycles. The standard InChI is InChI=1S/C79H157N13O4/c1-21-25-29-33-37-41-53-93-89-72(5,6)57-65(58-73(89,7)8)87(66-59-74(9,10)90(75(11,12)60-66)94-54-42-38-34-30-26-22-2)70-83-69(86(51-46-48-81)52-50-82-49-45-47-80)84-71(85-70)88(67-61-76(13,14)91(77(15,16)62-67)95-55-43-39-35-31-27-23-3)68-63-78(17,18)92(79(19,20)64-68)96-56-44-40-36-32-28-24-4/h65-68,82H,21-64,80-81H2,1-20H3. The highest BCUT2D eigenvalue weighted by Crippen LogP contribution is 2.50. The normalized spacial score (nSPS) is 21.7. The molecule has 5 N–H and O–H groups in total. The van der Waals surface area contributed by atoms with Crippen LogP contribution in [0.25, 0.3) is 0 Å². The fourth-order valence-electron chi connectivity index (χ4n) is 18.3. The van der Waals surface area contributed by atoms with Crippen molar-refractivity contribution >= 4 is 17.8 Å². The van der Waals surface area contributed by atoms with Crippen LogP contribution in [0, 0.1) is 0 Å². The summed E-state index contributed by atoms with van der Waals surface area (Å²) in [5.74, 6) is 2.29. The Morgan fingerprint density at radius 3 is 0.812 bits per heavy atom. The highest BCUT2D eigenvalue weighted by molar-refractivity contribution is 5.50. The molecule has 0 unspecified atom stereocenters. The van der Waals surface area contributed by atoms with Gasteiger partial charge in [-0.3, -0.25) is 19.4 Å². The lowest BCUT2D eigenvalue weighted by atomic mass is 9.74. The van der Waals surface area contributed by atoms with Crippen LogP contribution in [0.1, 0.15) is 357 Å². The number of aromatic nitrogens is 3. The second-order valence-corrected chi connectivity index (χ2v) is 35.4. The number of rotatable bonds is 48. The van der Waals surface area contributed by atoms with E-state index < -0.39 is 0 Å². The van der Waals surface area contributed by atoms with E-state index in [2.05, 4.69) is 179 Å². The van der Waals surface area contributed by atoms with Crippen molar-refractivity contribution in [3.63, 3.8) is 0 Å². The van der Waals surface area contributed by atoms with Gasteiger partial charge in [0.25, 0.3) is 0 Å². The van der Waals surface area contributed by atoms with Gasteiger partial charge in [0.05, 0.1) is 26.4 Å². The first-order valence-electron chi connectivity index (χ1n) is 40.3. The number of piperidine rings is 4. The Morgan fingerprint density at radius 1 is 0.323 bits per heavy atom. The lowest BCUT2D eigenvalue weighted by Gasteiger charge is -2.60. The van der Waals surface area contributed by atoms with Gasteiger partial charge >= 0.3 is 0 Å². The number of unbranched alkanes of at least 4 members (excludes halogenated alkanes) is 20. The summed E-state index contributed by atoms with van der Waals surface area (Å²) in [5.41, 5.74) is 10.1. The number of nitrogens with zero attached hydrogens (tertiary/aromatic N) is 10. The maximum atomic E-state index is 7.05. The average molecular weight is 1350 g/mol. The van der Waals surface area contributed by atoms with Crippen LogP contribution in [-0.2, 0) is 19.4 Å². The molecule has 0 radical (unpaired) electrons. The number of nitrogens with two attached hydrogens (primary N) is 2. The van der Waals surface area contributed by atoms with E-state index in [1.807, 2.05) is 0 Å². The zero-order valence-electron chi connectivity index (χ0n) is 66.7. The summed E-state index contributed by atoms with van der Waals surface area (Å²) in [6, 6.07) is 0.270. The van der Waals surface area contributed by atoms with E-state index in [0.29, 0.717) is 13.1 Å². The third kappa shape index (κ3) is 25.4. The van der Waals surface area contributed by atoms with Crippen molar-refractivity contribution in [1.82, 2.24) is 40.5 Å². The molecule has 4 saturated heterocycles. The molecule has 0 aromatic carbocycles. The number of hydrogen-bond acceptors (Lipinski definition) is 17. The van der Waals surface area contributed by atoms with Crippen molar-refractivity contribution in [2.45, 2.75) is 425 Å². The van der Waals surface area contributed by atoms with Crippen molar-refractivity contribution in [1.29, 1.82) is 0 Å². The van der Waals surface area contributed by atoms with Gasteiger partial charge in [-0.15, -0.1) is 0 Å². The summed E-state index contributed by atoms with van der Waals surface area (Å²) in [6.45, 7) is 55.2. The van der Waals surface area contributed by atoms with Gasteiger partial charge in [-0.05, 0) is 220 Å². The third-order valence-corrected chi connectivity index (χ3v) is 21.8. The predicted octanol–water partition coefficient (Wildman–Crippen LogP) is 17.8. The van der Waals surface area contributed by atoms with Gasteiger partial charge in [-0.25, -0.2) is 0 Å². The number of nitrogens with one attached hydrogen (secondary N) is 1. The van der Waals surface area contributed by atoms with Crippen LogP contribution in [0.5, 0.6) is 0 Å². The number of hydrogen-bond donors (Lipinski definition) is 3. The van der Waals surface area contributed by atoms with E-state index in [9.17, 15) is 0 Å². The Bertz CT molecular complexity index is 1950. The molecule has 1 aromatic rings. The second-order valence-electron chi connectivity index (χ2n) is 35.4. The minimum atomic E-state index is -0.309. The fourth-order valence-corrected chi connectivity index (χ4v) is 18.3. The summed E-state index contributed by atoms with van der Waals surface area (Å²) >= 11 is 0. The molecule has 0 aliphatic carbocycles. The highest BCUT2D eigenvalue weighted by Gasteiger charge is 2.56. The molecular weight excluding hydrogens is 1190 g/mol. The molecule has 4 fully saturated rings. The Kier molecular flexibility index (Phi) is 35.4. The van der Waals surface area contributed by atoms with Crippen molar-refractivity contribution in [3.8, 4) is 0 Å². The van der Waals surface area contributed by atoms with Crippen LogP contribution in [0.3, 0.4) is 0 Å². The Hall–Kier alpha value is -2.03. The molecule has 0 spiro atoms. The largest absolute Gasteiger partial charge is 0.339 e. The zero-order chi connectivity index (χ0) is 70.9. The van der Waals surface area contributed by atoms with E-state index in [-0.39, 0.29) is 68.5 Å². The van der Waals surface area contributed by atoms with E-state index >= 15 is 0 Å². The predicted molar refractivity (Wildman–Crippen MR) is 407 cm³/mol. The molecule has 562 valence electrons. The van der Waals surface area contributed by atoms with Gasteiger partial charge in [0.15, 0.2) is 0 Å². The summed E-state index contributed by atoms with van der Waals surface area (Å²) < 4.78 is 0. The molecule has 1 aromatic heterocycles. The lowest BCUT2D eigenvalue weighted by molar-refractivity contribution is -0.288. The Morgan fingerprint density at radius 2 is 0.562 bits per heavy atom. The smallest absolute Gasteiger partial charge is 0.232 e. The van der Waals surface area contributed by atoms with Gasteiger partial charge in [-0.1, -0.05) is 156 Å². The number of anilines is 3. The summed E-state index contributed by atoms with van der Waals surface area (Å²) in [5, 5.41) is 13.3. The molecule has 5 rings (SSSR count). The minimum absolute atomic E-state index is 0.0675. The van der Waals surface area contributed by atoms with Crippen molar-refractivity contribution in [2.75, 3.05) is 80.4 Å². The SMILES string of the molecule is CCCCCCCCON1C(C)(C)CC(N(c2nc(N(CCCN)CCNCCCN)nc(N(C3CC(C)(C)N(OCCCCCCCC)C(C)(C)C3)C3CC(C)(C)N(OCCCCCCCC)C(C)(C)C3)n2)C2CC(C)(C)N(OCCCCCCCC)C(C)(C)C2)CC1(C)C.